The second-order valence-corrected chi connectivity index (χ2v) is 6.66. The van der Waals surface area contributed by atoms with Crippen LogP contribution in [0.25, 0.3) is 0 Å². The summed E-state index contributed by atoms with van der Waals surface area (Å²) in [6.45, 7) is 1.71. The molecule has 0 spiro atoms. The molecule has 0 atom stereocenters. The number of rotatable bonds is 4. The van der Waals surface area contributed by atoms with Gasteiger partial charge in [-0.1, -0.05) is 11.6 Å². The van der Waals surface area contributed by atoms with Crippen LogP contribution in [0, 0.1) is 5.82 Å². The molecule has 1 heterocycles. The number of benzene rings is 2. The Morgan fingerprint density at radius 1 is 1.08 bits per heavy atom. The summed E-state index contributed by atoms with van der Waals surface area (Å²) in [6, 6.07) is 8.78. The van der Waals surface area contributed by atoms with Gasteiger partial charge in [0.2, 0.25) is 5.91 Å². The van der Waals surface area contributed by atoms with Gasteiger partial charge in [-0.05, 0) is 55.7 Å². The van der Waals surface area contributed by atoms with Gasteiger partial charge in [0.1, 0.15) is 5.82 Å². The molecule has 2 aromatic rings. The number of amides is 2. The molecule has 0 radical (unpaired) electrons. The number of nitrogens with zero attached hydrogens (tertiary/aromatic N) is 1. The van der Waals surface area contributed by atoms with E-state index in [4.69, 9.17) is 17.3 Å². The summed E-state index contributed by atoms with van der Waals surface area (Å²) in [7, 11) is 0. The molecule has 5 nitrogen and oxygen atoms in total. The predicted octanol–water partition coefficient (Wildman–Crippen LogP) is 3.82. The second-order valence-electron chi connectivity index (χ2n) is 6.22. The Kier molecular flexibility index (Phi) is 5.42. The predicted molar refractivity (Wildman–Crippen MR) is 100 cm³/mol. The summed E-state index contributed by atoms with van der Waals surface area (Å²) in [5.74, 6) is -1.91. The molecule has 0 aliphatic carbocycles. The SMILES string of the molecule is NC(=O)c1ccc(N2CCCCC2)c(NC(=O)c2ccc(Cl)cc2F)c1. The lowest BCUT2D eigenvalue weighted by atomic mass is 10.1. The Morgan fingerprint density at radius 3 is 2.46 bits per heavy atom. The number of nitrogens with one attached hydrogen (secondary N) is 1. The highest BCUT2D eigenvalue weighted by molar-refractivity contribution is 6.30. The van der Waals surface area contributed by atoms with E-state index in [1.807, 2.05) is 0 Å². The number of piperidine rings is 1. The molecular formula is C19H19ClFN3O2. The fourth-order valence-electron chi connectivity index (χ4n) is 3.06. The topological polar surface area (TPSA) is 75.4 Å². The number of carbonyl (C=O) groups excluding carboxylic acids is 2. The van der Waals surface area contributed by atoms with Gasteiger partial charge in [-0.2, -0.15) is 0 Å². The van der Waals surface area contributed by atoms with Gasteiger partial charge in [-0.3, -0.25) is 9.59 Å². The van der Waals surface area contributed by atoms with E-state index in [1.54, 1.807) is 12.1 Å². The van der Waals surface area contributed by atoms with Crippen LogP contribution in [-0.4, -0.2) is 24.9 Å². The largest absolute Gasteiger partial charge is 0.370 e. The Hall–Kier alpha value is -2.60. The molecule has 3 N–H and O–H groups in total. The number of hydrogen-bond donors (Lipinski definition) is 2. The highest BCUT2D eigenvalue weighted by Crippen LogP contribution is 2.30. The van der Waals surface area contributed by atoms with Crippen molar-refractivity contribution in [3.05, 3.63) is 58.4 Å². The quantitative estimate of drug-likeness (QED) is 0.852. The Morgan fingerprint density at radius 2 is 1.81 bits per heavy atom. The van der Waals surface area contributed by atoms with E-state index in [0.29, 0.717) is 5.69 Å². The summed E-state index contributed by atoms with van der Waals surface area (Å²) in [4.78, 5) is 26.2. The molecule has 3 rings (SSSR count). The highest BCUT2D eigenvalue weighted by atomic mass is 35.5. The molecule has 1 aliphatic rings. The fraction of sp³-hybridized carbons (Fsp3) is 0.263. The van der Waals surface area contributed by atoms with E-state index in [9.17, 15) is 14.0 Å². The summed E-state index contributed by atoms with van der Waals surface area (Å²) in [5.41, 5.74) is 6.73. The van der Waals surface area contributed by atoms with Gasteiger partial charge < -0.3 is 16.0 Å². The number of halogens is 2. The maximum absolute atomic E-state index is 14.0. The highest BCUT2D eigenvalue weighted by Gasteiger charge is 2.19. The molecule has 1 saturated heterocycles. The Balaban J connectivity index is 1.94. The summed E-state index contributed by atoms with van der Waals surface area (Å²) in [6.07, 6.45) is 3.26. The minimum absolute atomic E-state index is 0.122. The minimum Gasteiger partial charge on any atom is -0.370 e. The molecule has 26 heavy (non-hydrogen) atoms. The third kappa shape index (κ3) is 3.96. The van der Waals surface area contributed by atoms with Crippen LogP contribution in [0.5, 0.6) is 0 Å². The van der Waals surface area contributed by atoms with Crippen molar-refractivity contribution in [2.24, 2.45) is 5.73 Å². The zero-order valence-corrected chi connectivity index (χ0v) is 14.9. The average Bonchev–Trinajstić information content (AvgIpc) is 2.62. The van der Waals surface area contributed by atoms with Crippen molar-refractivity contribution in [3.63, 3.8) is 0 Å². The van der Waals surface area contributed by atoms with E-state index in [0.717, 1.165) is 44.1 Å². The lowest BCUT2D eigenvalue weighted by Crippen LogP contribution is -2.30. The van der Waals surface area contributed by atoms with Crippen molar-refractivity contribution in [1.82, 2.24) is 0 Å². The number of hydrogen-bond acceptors (Lipinski definition) is 3. The summed E-state index contributed by atoms with van der Waals surface area (Å²) in [5, 5.41) is 2.92. The number of nitrogens with two attached hydrogens (primary N) is 1. The number of anilines is 2. The smallest absolute Gasteiger partial charge is 0.258 e. The number of carbonyl (C=O) groups is 2. The van der Waals surface area contributed by atoms with Crippen LogP contribution < -0.4 is 16.0 Å². The number of primary amides is 1. The maximum atomic E-state index is 14.0. The molecular weight excluding hydrogens is 357 g/mol. The molecule has 0 unspecified atom stereocenters. The normalized spacial score (nSPS) is 14.2. The van der Waals surface area contributed by atoms with E-state index in [-0.39, 0.29) is 16.1 Å². The molecule has 0 aromatic heterocycles. The van der Waals surface area contributed by atoms with E-state index < -0.39 is 17.6 Å². The average molecular weight is 376 g/mol. The molecule has 0 bridgehead atoms. The molecule has 7 heteroatoms. The van der Waals surface area contributed by atoms with E-state index >= 15 is 0 Å². The van der Waals surface area contributed by atoms with E-state index in [2.05, 4.69) is 10.2 Å². The van der Waals surface area contributed by atoms with Gasteiger partial charge in [0, 0.05) is 23.7 Å². The third-order valence-corrected chi connectivity index (χ3v) is 4.64. The molecule has 2 amide bonds. The van der Waals surface area contributed by atoms with Crippen molar-refractivity contribution in [2.45, 2.75) is 19.3 Å². The van der Waals surface area contributed by atoms with Crippen molar-refractivity contribution in [3.8, 4) is 0 Å². The van der Waals surface area contributed by atoms with E-state index in [1.165, 1.54) is 18.2 Å². The zero-order chi connectivity index (χ0) is 18.7. The Labute approximate surface area is 155 Å². The third-order valence-electron chi connectivity index (χ3n) is 4.40. The van der Waals surface area contributed by atoms with Crippen LogP contribution in [0.2, 0.25) is 5.02 Å². The standard InChI is InChI=1S/C19H19ClFN3O2/c20-13-5-6-14(15(21)11-13)19(26)23-16-10-12(18(22)25)4-7-17(16)24-8-2-1-3-9-24/h4-7,10-11H,1-3,8-9H2,(H2,22,25)(H,23,26). The maximum Gasteiger partial charge on any atom is 0.258 e. The zero-order valence-electron chi connectivity index (χ0n) is 14.1. The second kappa shape index (κ2) is 7.74. The summed E-state index contributed by atoms with van der Waals surface area (Å²) >= 11 is 5.73. The monoisotopic (exact) mass is 375 g/mol. The van der Waals surface area contributed by atoms with Crippen LogP contribution >= 0.6 is 11.6 Å². The van der Waals surface area contributed by atoms with Crippen molar-refractivity contribution in [1.29, 1.82) is 0 Å². The van der Waals surface area contributed by atoms with Gasteiger partial charge in [-0.15, -0.1) is 0 Å². The molecule has 136 valence electrons. The van der Waals surface area contributed by atoms with Gasteiger partial charge in [0.25, 0.3) is 5.91 Å². The lowest BCUT2D eigenvalue weighted by Gasteiger charge is -2.30. The van der Waals surface area contributed by atoms with Gasteiger partial charge >= 0.3 is 0 Å². The van der Waals surface area contributed by atoms with Crippen LogP contribution in [0.3, 0.4) is 0 Å². The van der Waals surface area contributed by atoms with Crippen LogP contribution in [-0.2, 0) is 0 Å². The molecule has 1 fully saturated rings. The van der Waals surface area contributed by atoms with Gasteiger partial charge in [0.15, 0.2) is 0 Å². The lowest BCUT2D eigenvalue weighted by molar-refractivity contribution is 0.0995. The van der Waals surface area contributed by atoms with Crippen molar-refractivity contribution < 1.29 is 14.0 Å². The summed E-state index contributed by atoms with van der Waals surface area (Å²) < 4.78 is 14.0. The van der Waals surface area contributed by atoms with Crippen molar-refractivity contribution >= 4 is 34.8 Å². The van der Waals surface area contributed by atoms with Gasteiger partial charge in [-0.25, -0.2) is 4.39 Å². The fourth-order valence-corrected chi connectivity index (χ4v) is 3.22. The van der Waals surface area contributed by atoms with Gasteiger partial charge in [0.05, 0.1) is 16.9 Å². The first-order valence-electron chi connectivity index (χ1n) is 8.41. The van der Waals surface area contributed by atoms with Crippen LogP contribution in [0.15, 0.2) is 36.4 Å². The van der Waals surface area contributed by atoms with Crippen LogP contribution in [0.1, 0.15) is 40.0 Å². The Bertz CT molecular complexity index is 851. The minimum atomic E-state index is -0.708. The molecule has 0 saturated carbocycles. The first-order valence-corrected chi connectivity index (χ1v) is 8.78. The first-order chi connectivity index (χ1) is 12.5. The van der Waals surface area contributed by atoms with Crippen molar-refractivity contribution in [2.75, 3.05) is 23.3 Å². The van der Waals surface area contributed by atoms with Crippen LogP contribution in [0.4, 0.5) is 15.8 Å². The molecule has 2 aromatic carbocycles. The molecule has 1 aliphatic heterocycles. The first kappa shape index (κ1) is 18.2.